The van der Waals surface area contributed by atoms with Crippen LogP contribution in [0.1, 0.15) is 10.4 Å². The summed E-state index contributed by atoms with van der Waals surface area (Å²) in [5.74, 6) is 1.48. The summed E-state index contributed by atoms with van der Waals surface area (Å²) in [5.41, 5.74) is 1.25. The van der Waals surface area contributed by atoms with Crippen molar-refractivity contribution in [3.8, 4) is 22.9 Å². The molecule has 0 fully saturated rings. The predicted molar refractivity (Wildman–Crippen MR) is 90.0 cm³/mol. The van der Waals surface area contributed by atoms with Crippen molar-refractivity contribution in [1.29, 1.82) is 0 Å². The molecule has 0 aliphatic carbocycles. The van der Waals surface area contributed by atoms with Crippen molar-refractivity contribution in [2.75, 3.05) is 13.2 Å². The number of ether oxygens (including phenoxy) is 2. The normalized spacial score (nSPS) is 12.8. The van der Waals surface area contributed by atoms with E-state index in [0.717, 1.165) is 5.56 Å². The van der Waals surface area contributed by atoms with Gasteiger partial charge in [-0.15, -0.1) is 10.2 Å². The van der Waals surface area contributed by atoms with Gasteiger partial charge in [0.05, 0.1) is 0 Å². The number of rotatable bonds is 4. The first-order chi connectivity index (χ1) is 12.2. The van der Waals surface area contributed by atoms with E-state index >= 15 is 0 Å². The number of nitrogens with zero attached hydrogens (tertiary/aromatic N) is 4. The van der Waals surface area contributed by atoms with Crippen LogP contribution in [-0.4, -0.2) is 39.2 Å². The van der Waals surface area contributed by atoms with E-state index < -0.39 is 0 Å². The van der Waals surface area contributed by atoms with Gasteiger partial charge in [-0.3, -0.25) is 4.79 Å². The van der Waals surface area contributed by atoms with Crippen molar-refractivity contribution in [2.45, 2.75) is 6.54 Å². The van der Waals surface area contributed by atoms with E-state index in [9.17, 15) is 4.79 Å². The Bertz CT molecular complexity index is 941. The molecule has 1 aliphatic heterocycles. The van der Waals surface area contributed by atoms with Gasteiger partial charge in [0.25, 0.3) is 0 Å². The maximum Gasteiger partial charge on any atom is 0.204 e. The molecule has 0 spiro atoms. The first-order valence-electron chi connectivity index (χ1n) is 7.66. The molecule has 0 amide bonds. The number of halogens is 1. The average molecular weight is 357 g/mol. The number of aromatic nitrogens is 4. The highest BCUT2D eigenvalue weighted by Crippen LogP contribution is 2.30. The van der Waals surface area contributed by atoms with E-state index in [1.807, 2.05) is 6.07 Å². The second kappa shape index (κ2) is 6.52. The van der Waals surface area contributed by atoms with Crippen LogP contribution in [0.15, 0.2) is 42.5 Å². The Kier molecular flexibility index (Phi) is 4.07. The maximum atomic E-state index is 12.5. The summed E-state index contributed by atoms with van der Waals surface area (Å²) in [4.78, 5) is 13.7. The SMILES string of the molecule is O=C(Cn1nnc(-c2cccc(Cl)c2)n1)c1ccc2c(c1)OCCO2. The molecule has 0 N–H and O–H groups in total. The summed E-state index contributed by atoms with van der Waals surface area (Å²) in [6, 6.07) is 12.2. The number of benzene rings is 2. The Morgan fingerprint density at radius 1 is 1.12 bits per heavy atom. The van der Waals surface area contributed by atoms with E-state index in [-0.39, 0.29) is 12.3 Å². The van der Waals surface area contributed by atoms with Crippen molar-refractivity contribution in [2.24, 2.45) is 0 Å². The molecule has 0 saturated carbocycles. The number of ketones is 1. The Hall–Kier alpha value is -2.93. The number of tetrazole rings is 1. The van der Waals surface area contributed by atoms with E-state index in [1.54, 1.807) is 36.4 Å². The summed E-state index contributed by atoms with van der Waals surface area (Å²) in [6.07, 6.45) is 0. The molecule has 0 saturated heterocycles. The van der Waals surface area contributed by atoms with E-state index in [4.69, 9.17) is 21.1 Å². The Morgan fingerprint density at radius 2 is 1.96 bits per heavy atom. The Morgan fingerprint density at radius 3 is 2.80 bits per heavy atom. The molecule has 0 bridgehead atoms. The van der Waals surface area contributed by atoms with Gasteiger partial charge >= 0.3 is 0 Å². The predicted octanol–water partition coefficient (Wildman–Crippen LogP) is 2.65. The zero-order valence-corrected chi connectivity index (χ0v) is 13.8. The van der Waals surface area contributed by atoms with Gasteiger partial charge in [-0.2, -0.15) is 4.80 Å². The lowest BCUT2D eigenvalue weighted by Gasteiger charge is -2.18. The monoisotopic (exact) mass is 356 g/mol. The van der Waals surface area contributed by atoms with Crippen LogP contribution in [0.2, 0.25) is 5.02 Å². The molecule has 3 aromatic rings. The van der Waals surface area contributed by atoms with Gasteiger partial charge < -0.3 is 9.47 Å². The lowest BCUT2D eigenvalue weighted by atomic mass is 10.1. The third kappa shape index (κ3) is 3.32. The highest BCUT2D eigenvalue weighted by molar-refractivity contribution is 6.30. The fraction of sp³-hybridized carbons (Fsp3) is 0.176. The van der Waals surface area contributed by atoms with Crippen LogP contribution in [0.25, 0.3) is 11.4 Å². The highest BCUT2D eigenvalue weighted by atomic mass is 35.5. The summed E-state index contributed by atoms with van der Waals surface area (Å²) in [5, 5.41) is 12.7. The molecule has 0 radical (unpaired) electrons. The van der Waals surface area contributed by atoms with E-state index in [0.29, 0.717) is 41.1 Å². The van der Waals surface area contributed by atoms with Gasteiger partial charge in [-0.25, -0.2) is 0 Å². The zero-order chi connectivity index (χ0) is 17.2. The summed E-state index contributed by atoms with van der Waals surface area (Å²) in [7, 11) is 0. The van der Waals surface area contributed by atoms with Crippen molar-refractivity contribution in [3.63, 3.8) is 0 Å². The second-order valence-corrected chi connectivity index (χ2v) is 5.87. The van der Waals surface area contributed by atoms with Gasteiger partial charge in [0.2, 0.25) is 5.82 Å². The second-order valence-electron chi connectivity index (χ2n) is 5.44. The van der Waals surface area contributed by atoms with Crippen molar-refractivity contribution >= 4 is 17.4 Å². The largest absolute Gasteiger partial charge is 0.486 e. The van der Waals surface area contributed by atoms with E-state index in [1.165, 1.54) is 4.80 Å². The van der Waals surface area contributed by atoms with Gasteiger partial charge in [0, 0.05) is 16.1 Å². The van der Waals surface area contributed by atoms with Gasteiger partial charge in [-0.05, 0) is 35.5 Å². The fourth-order valence-corrected chi connectivity index (χ4v) is 2.68. The molecule has 25 heavy (non-hydrogen) atoms. The molecule has 0 unspecified atom stereocenters. The van der Waals surface area contributed by atoms with Crippen LogP contribution in [0.4, 0.5) is 0 Å². The molecule has 1 aliphatic rings. The van der Waals surface area contributed by atoms with Crippen molar-refractivity contribution < 1.29 is 14.3 Å². The minimum atomic E-state index is -0.146. The number of Topliss-reactive ketones (excluding diaryl/α,β-unsaturated/α-hetero) is 1. The molecule has 126 valence electrons. The van der Waals surface area contributed by atoms with Crippen LogP contribution in [0.5, 0.6) is 11.5 Å². The Balaban J connectivity index is 1.52. The van der Waals surface area contributed by atoms with Gasteiger partial charge in [0.15, 0.2) is 17.3 Å². The summed E-state index contributed by atoms with van der Waals surface area (Å²) >= 11 is 5.96. The number of fused-ring (bicyclic) bond motifs is 1. The zero-order valence-electron chi connectivity index (χ0n) is 13.1. The quantitative estimate of drug-likeness (QED) is 0.669. The molecule has 2 heterocycles. The molecule has 4 rings (SSSR count). The topological polar surface area (TPSA) is 79.1 Å². The van der Waals surface area contributed by atoms with Crippen LogP contribution >= 0.6 is 11.6 Å². The van der Waals surface area contributed by atoms with Crippen LogP contribution in [0.3, 0.4) is 0 Å². The average Bonchev–Trinajstić information content (AvgIpc) is 3.10. The lowest BCUT2D eigenvalue weighted by Crippen LogP contribution is -2.17. The number of hydrogen-bond acceptors (Lipinski definition) is 6. The molecule has 1 aromatic heterocycles. The first kappa shape index (κ1) is 15.6. The number of hydrogen-bond donors (Lipinski definition) is 0. The molecule has 2 aromatic carbocycles. The smallest absolute Gasteiger partial charge is 0.204 e. The van der Waals surface area contributed by atoms with Gasteiger partial charge in [0.1, 0.15) is 19.8 Å². The first-order valence-corrected chi connectivity index (χ1v) is 8.03. The Labute approximate surface area is 148 Å². The van der Waals surface area contributed by atoms with Gasteiger partial charge in [-0.1, -0.05) is 23.7 Å². The standard InChI is InChI=1S/C17H13ClN4O3/c18-13-3-1-2-12(8-13)17-19-21-22(20-17)10-14(23)11-4-5-15-16(9-11)25-7-6-24-15/h1-5,8-9H,6-7,10H2. The van der Waals surface area contributed by atoms with Crippen LogP contribution < -0.4 is 9.47 Å². The minimum absolute atomic E-state index is 0.0206. The lowest BCUT2D eigenvalue weighted by molar-refractivity contribution is 0.0960. The third-order valence-corrected chi connectivity index (χ3v) is 3.92. The molecular weight excluding hydrogens is 344 g/mol. The van der Waals surface area contributed by atoms with Crippen LogP contribution in [-0.2, 0) is 6.54 Å². The van der Waals surface area contributed by atoms with E-state index in [2.05, 4.69) is 15.4 Å². The fourth-order valence-electron chi connectivity index (χ4n) is 2.49. The summed E-state index contributed by atoms with van der Waals surface area (Å²) < 4.78 is 10.9. The van der Waals surface area contributed by atoms with Crippen molar-refractivity contribution in [1.82, 2.24) is 20.2 Å². The highest BCUT2D eigenvalue weighted by Gasteiger charge is 2.16. The summed E-state index contributed by atoms with van der Waals surface area (Å²) in [6.45, 7) is 0.959. The third-order valence-electron chi connectivity index (χ3n) is 3.68. The molecule has 8 heteroatoms. The molecular formula is C17H13ClN4O3. The minimum Gasteiger partial charge on any atom is -0.486 e. The number of carbonyl (C=O) groups is 1. The van der Waals surface area contributed by atoms with Crippen LogP contribution in [0, 0.1) is 0 Å². The maximum absolute atomic E-state index is 12.5. The molecule has 7 nitrogen and oxygen atoms in total. The number of carbonyl (C=O) groups excluding carboxylic acids is 1. The molecule has 0 atom stereocenters. The van der Waals surface area contributed by atoms with Crippen molar-refractivity contribution in [3.05, 3.63) is 53.1 Å².